The van der Waals surface area contributed by atoms with Crippen LogP contribution in [0.3, 0.4) is 0 Å². The predicted octanol–water partition coefficient (Wildman–Crippen LogP) is 4.67. The number of alkyl carbamates (subject to hydrolysis) is 1. The van der Waals surface area contributed by atoms with Gasteiger partial charge in [-0.25, -0.2) is 13.6 Å². The summed E-state index contributed by atoms with van der Waals surface area (Å²) in [7, 11) is 0. The van der Waals surface area contributed by atoms with Gasteiger partial charge in [0.1, 0.15) is 12.6 Å². The lowest BCUT2D eigenvalue weighted by molar-refractivity contribution is -0.137. The molecule has 1 saturated heterocycles. The molecule has 0 radical (unpaired) electrons. The monoisotopic (exact) mass is 460 g/mol. The van der Waals surface area contributed by atoms with E-state index in [-0.39, 0.29) is 48.8 Å². The van der Waals surface area contributed by atoms with Crippen molar-refractivity contribution >= 4 is 31.0 Å². The predicted molar refractivity (Wildman–Crippen MR) is 102 cm³/mol. The smallest absolute Gasteiger partial charge is 0.416 e. The number of alkyl halides is 3. The third kappa shape index (κ3) is 4.71. The first-order chi connectivity index (χ1) is 14.2. The van der Waals surface area contributed by atoms with Crippen molar-refractivity contribution in [2.24, 2.45) is 0 Å². The van der Waals surface area contributed by atoms with Crippen molar-refractivity contribution in [2.45, 2.75) is 12.2 Å². The zero-order valence-corrected chi connectivity index (χ0v) is 16.3. The van der Waals surface area contributed by atoms with Crippen LogP contribution in [-0.4, -0.2) is 22.9 Å². The zero-order valence-electron chi connectivity index (χ0n) is 15.3. The number of hydrogen-bond donors (Lipinski definition) is 2. The summed E-state index contributed by atoms with van der Waals surface area (Å²) < 4.78 is 75.9. The maximum Gasteiger partial charge on any atom is 0.416 e. The Hall–Kier alpha value is -3.35. The lowest BCUT2D eigenvalue weighted by Crippen LogP contribution is -2.18. The number of amides is 1. The standard InChI is InChI=1S/C18H11F5N4O3.H2S/c19-11-5-10(15-26-27-16(30-15)14-7-29-17(28)25-14)13(6-12(11)20)24-9-3-1-8(2-4-9)18(21,22)23;/h1-6,14,24H,7H2,(H,25,28);1H2/t14-;/m0./s1. The van der Waals surface area contributed by atoms with E-state index < -0.39 is 35.5 Å². The summed E-state index contributed by atoms with van der Waals surface area (Å²) in [5.41, 5.74) is -0.722. The molecule has 1 aliphatic rings. The van der Waals surface area contributed by atoms with Gasteiger partial charge in [-0.05, 0) is 30.3 Å². The molecular formula is C18H13F5N4O3S. The first kappa shape index (κ1) is 22.3. The molecule has 2 N–H and O–H groups in total. The van der Waals surface area contributed by atoms with Crippen LogP contribution in [0.15, 0.2) is 40.8 Å². The lowest BCUT2D eigenvalue weighted by atomic mass is 10.1. The van der Waals surface area contributed by atoms with Crippen LogP contribution >= 0.6 is 13.5 Å². The largest absolute Gasteiger partial charge is 0.447 e. The fraction of sp³-hybridized carbons (Fsp3) is 0.167. The molecule has 1 atom stereocenters. The summed E-state index contributed by atoms with van der Waals surface area (Å²) in [6.45, 7) is -0.0467. The second kappa shape index (κ2) is 8.41. The first-order valence-corrected chi connectivity index (χ1v) is 8.41. The molecule has 7 nitrogen and oxygen atoms in total. The van der Waals surface area contributed by atoms with Crippen LogP contribution < -0.4 is 10.6 Å². The molecule has 2 heterocycles. The number of halogens is 5. The minimum Gasteiger partial charge on any atom is -0.447 e. The van der Waals surface area contributed by atoms with Crippen LogP contribution in [0.5, 0.6) is 0 Å². The van der Waals surface area contributed by atoms with Gasteiger partial charge in [-0.1, -0.05) is 0 Å². The molecule has 31 heavy (non-hydrogen) atoms. The summed E-state index contributed by atoms with van der Waals surface area (Å²) in [5.74, 6) is -2.59. The molecule has 1 amide bonds. The van der Waals surface area contributed by atoms with Gasteiger partial charge < -0.3 is 19.8 Å². The topological polar surface area (TPSA) is 89.3 Å². The maximum atomic E-state index is 13.8. The Kier molecular flexibility index (Phi) is 6.06. The van der Waals surface area contributed by atoms with E-state index in [9.17, 15) is 26.7 Å². The Balaban J connectivity index is 0.00000272. The number of cyclic esters (lactones) is 1. The van der Waals surface area contributed by atoms with E-state index in [0.29, 0.717) is 0 Å². The minimum absolute atomic E-state index is 0. The normalized spacial score (nSPS) is 15.8. The van der Waals surface area contributed by atoms with Gasteiger partial charge in [-0.3, -0.25) is 0 Å². The second-order valence-electron chi connectivity index (χ2n) is 6.25. The van der Waals surface area contributed by atoms with Gasteiger partial charge in [0.2, 0.25) is 11.8 Å². The molecular weight excluding hydrogens is 447 g/mol. The van der Waals surface area contributed by atoms with Crippen molar-refractivity contribution in [3.8, 4) is 11.5 Å². The molecule has 0 unspecified atom stereocenters. The molecule has 0 aliphatic carbocycles. The highest BCUT2D eigenvalue weighted by atomic mass is 32.1. The number of ether oxygens (including phenoxy) is 1. The van der Waals surface area contributed by atoms with Crippen LogP contribution in [0.1, 0.15) is 17.5 Å². The van der Waals surface area contributed by atoms with Crippen molar-refractivity contribution in [2.75, 3.05) is 11.9 Å². The Morgan fingerprint density at radius 2 is 1.74 bits per heavy atom. The number of hydrogen-bond acceptors (Lipinski definition) is 6. The minimum atomic E-state index is -4.51. The fourth-order valence-electron chi connectivity index (χ4n) is 2.73. The molecule has 1 aromatic heterocycles. The highest BCUT2D eigenvalue weighted by molar-refractivity contribution is 7.59. The molecule has 3 aromatic rings. The second-order valence-corrected chi connectivity index (χ2v) is 6.25. The zero-order chi connectivity index (χ0) is 21.5. The van der Waals surface area contributed by atoms with E-state index in [1.165, 1.54) is 0 Å². The summed E-state index contributed by atoms with van der Waals surface area (Å²) in [4.78, 5) is 11.1. The summed E-state index contributed by atoms with van der Waals surface area (Å²) in [6.07, 6.45) is -5.18. The number of anilines is 2. The maximum absolute atomic E-state index is 13.8. The first-order valence-electron chi connectivity index (χ1n) is 8.41. The van der Waals surface area contributed by atoms with E-state index >= 15 is 0 Å². The van der Waals surface area contributed by atoms with Gasteiger partial charge in [-0.15, -0.1) is 10.2 Å². The number of carbonyl (C=O) groups excluding carboxylic acids is 1. The van der Waals surface area contributed by atoms with Crippen molar-refractivity contribution in [1.82, 2.24) is 15.5 Å². The Morgan fingerprint density at radius 1 is 1.06 bits per heavy atom. The average Bonchev–Trinajstić information content (AvgIpc) is 3.33. The molecule has 1 aliphatic heterocycles. The van der Waals surface area contributed by atoms with Gasteiger partial charge in [0.05, 0.1) is 16.8 Å². The summed E-state index contributed by atoms with van der Waals surface area (Å²) in [5, 5.41) is 12.7. The number of rotatable bonds is 4. The lowest BCUT2D eigenvalue weighted by Gasteiger charge is -2.12. The van der Waals surface area contributed by atoms with E-state index in [2.05, 4.69) is 20.8 Å². The fourth-order valence-corrected chi connectivity index (χ4v) is 2.73. The van der Waals surface area contributed by atoms with E-state index in [4.69, 9.17) is 9.15 Å². The SMILES string of the molecule is O=C1N[C@H](c2nnc(-c3cc(F)c(F)cc3Nc3ccc(C(F)(F)F)cc3)o2)CO1.S. The van der Waals surface area contributed by atoms with E-state index in [1.54, 1.807) is 0 Å². The molecule has 4 rings (SSSR count). The number of nitrogens with one attached hydrogen (secondary N) is 2. The number of benzene rings is 2. The number of nitrogens with zero attached hydrogens (tertiary/aromatic N) is 2. The van der Waals surface area contributed by atoms with Crippen molar-refractivity contribution in [1.29, 1.82) is 0 Å². The molecule has 13 heteroatoms. The van der Waals surface area contributed by atoms with Gasteiger partial charge >= 0.3 is 12.3 Å². The number of aromatic nitrogens is 2. The molecule has 0 bridgehead atoms. The van der Waals surface area contributed by atoms with Gasteiger partial charge in [0.15, 0.2) is 11.6 Å². The number of carbonyl (C=O) groups is 1. The van der Waals surface area contributed by atoms with Crippen LogP contribution in [0, 0.1) is 11.6 Å². The highest BCUT2D eigenvalue weighted by Gasteiger charge is 2.31. The van der Waals surface area contributed by atoms with Crippen molar-refractivity contribution in [3.05, 3.63) is 59.5 Å². The van der Waals surface area contributed by atoms with Crippen LogP contribution in [0.2, 0.25) is 0 Å². The molecule has 0 saturated carbocycles. The van der Waals surface area contributed by atoms with Crippen molar-refractivity contribution in [3.63, 3.8) is 0 Å². The van der Waals surface area contributed by atoms with Gasteiger partial charge in [-0.2, -0.15) is 26.7 Å². The van der Waals surface area contributed by atoms with Gasteiger partial charge in [0, 0.05) is 11.8 Å². The van der Waals surface area contributed by atoms with Crippen LogP contribution in [-0.2, 0) is 10.9 Å². The molecule has 164 valence electrons. The molecule has 2 aromatic carbocycles. The molecule has 1 fully saturated rings. The Morgan fingerprint density at radius 3 is 2.35 bits per heavy atom. The average molecular weight is 460 g/mol. The van der Waals surface area contributed by atoms with E-state index in [0.717, 1.165) is 36.4 Å². The Bertz CT molecular complexity index is 1100. The van der Waals surface area contributed by atoms with Gasteiger partial charge in [0.25, 0.3) is 0 Å². The van der Waals surface area contributed by atoms with Crippen LogP contribution in [0.4, 0.5) is 38.1 Å². The summed E-state index contributed by atoms with van der Waals surface area (Å²) in [6, 6.07) is 4.88. The molecule has 0 spiro atoms. The summed E-state index contributed by atoms with van der Waals surface area (Å²) >= 11 is 0. The third-order valence-electron chi connectivity index (χ3n) is 4.19. The van der Waals surface area contributed by atoms with Crippen LogP contribution in [0.25, 0.3) is 11.5 Å². The third-order valence-corrected chi connectivity index (χ3v) is 4.19. The van der Waals surface area contributed by atoms with Crippen molar-refractivity contribution < 1.29 is 35.9 Å². The quantitative estimate of drug-likeness (QED) is 0.550. The highest BCUT2D eigenvalue weighted by Crippen LogP contribution is 2.34. The Labute approximate surface area is 178 Å². The van der Waals surface area contributed by atoms with E-state index in [1.807, 2.05) is 0 Å².